The Hall–Kier alpha value is -2.17. The zero-order chi connectivity index (χ0) is 13.1. The number of aromatic nitrogens is 3. The highest BCUT2D eigenvalue weighted by Gasteiger charge is 2.10. The molecule has 0 atom stereocenters. The maximum absolute atomic E-state index is 11.9. The van der Waals surface area contributed by atoms with Crippen molar-refractivity contribution in [2.24, 2.45) is 0 Å². The van der Waals surface area contributed by atoms with Crippen LogP contribution in [-0.2, 0) is 6.42 Å². The van der Waals surface area contributed by atoms with Crippen LogP contribution >= 0.6 is 0 Å². The number of aromatic amines is 1. The van der Waals surface area contributed by atoms with Gasteiger partial charge < -0.3 is 10.7 Å². The molecule has 0 spiro atoms. The smallest absolute Gasteiger partial charge is 0.256 e. The van der Waals surface area contributed by atoms with E-state index in [1.807, 2.05) is 19.9 Å². The fraction of sp³-hybridized carbons (Fsp3) is 0.308. The van der Waals surface area contributed by atoms with Crippen LogP contribution in [0.5, 0.6) is 0 Å². The summed E-state index contributed by atoms with van der Waals surface area (Å²) >= 11 is 0. The van der Waals surface area contributed by atoms with Crippen molar-refractivity contribution in [2.75, 3.05) is 5.73 Å². The summed E-state index contributed by atoms with van der Waals surface area (Å²) < 4.78 is 0. The fourth-order valence-electron chi connectivity index (χ4n) is 1.87. The molecular weight excluding hydrogens is 228 g/mol. The molecular formula is C13H16N4O. The lowest BCUT2D eigenvalue weighted by atomic mass is 10.1. The molecule has 0 amide bonds. The maximum Gasteiger partial charge on any atom is 0.256 e. The number of hydrogen-bond acceptors (Lipinski definition) is 4. The Morgan fingerprint density at radius 3 is 2.83 bits per heavy atom. The van der Waals surface area contributed by atoms with Crippen molar-refractivity contribution in [1.29, 1.82) is 0 Å². The van der Waals surface area contributed by atoms with E-state index in [4.69, 9.17) is 5.73 Å². The Morgan fingerprint density at radius 2 is 2.22 bits per heavy atom. The Balaban J connectivity index is 2.55. The third-order valence-electron chi connectivity index (χ3n) is 2.82. The number of rotatable bonds is 3. The minimum absolute atomic E-state index is 0.157. The van der Waals surface area contributed by atoms with E-state index in [9.17, 15) is 4.79 Å². The molecule has 0 radical (unpaired) electrons. The Bertz CT molecular complexity index is 619. The molecule has 0 aliphatic heterocycles. The first kappa shape index (κ1) is 12.3. The normalized spacial score (nSPS) is 10.6. The summed E-state index contributed by atoms with van der Waals surface area (Å²) in [6, 6.07) is 1.81. The molecule has 2 aromatic heterocycles. The first-order valence-corrected chi connectivity index (χ1v) is 5.93. The van der Waals surface area contributed by atoms with E-state index < -0.39 is 0 Å². The number of pyridine rings is 1. The van der Waals surface area contributed by atoms with Gasteiger partial charge in [-0.25, -0.2) is 4.98 Å². The van der Waals surface area contributed by atoms with Gasteiger partial charge in [-0.15, -0.1) is 0 Å². The molecule has 18 heavy (non-hydrogen) atoms. The standard InChI is InChI=1S/C13H16N4O/c1-3-4-10-11(14)16-12(17-13(10)18)9-5-6-15-7-8(9)2/h5-7H,3-4H2,1-2H3,(H3,14,16,17,18). The Kier molecular flexibility index (Phi) is 3.41. The Labute approximate surface area is 105 Å². The number of anilines is 1. The van der Waals surface area contributed by atoms with Crippen molar-refractivity contribution >= 4 is 5.82 Å². The number of hydrogen-bond donors (Lipinski definition) is 2. The van der Waals surface area contributed by atoms with E-state index in [-0.39, 0.29) is 5.56 Å². The summed E-state index contributed by atoms with van der Waals surface area (Å²) in [7, 11) is 0. The van der Waals surface area contributed by atoms with Crippen molar-refractivity contribution in [2.45, 2.75) is 26.7 Å². The summed E-state index contributed by atoms with van der Waals surface area (Å²) in [6.45, 7) is 3.91. The monoisotopic (exact) mass is 244 g/mol. The van der Waals surface area contributed by atoms with Crippen LogP contribution in [0.4, 0.5) is 5.82 Å². The first-order valence-electron chi connectivity index (χ1n) is 5.93. The van der Waals surface area contributed by atoms with Gasteiger partial charge in [0.2, 0.25) is 0 Å². The summed E-state index contributed by atoms with van der Waals surface area (Å²) in [5.41, 5.74) is 8.05. The molecule has 0 saturated heterocycles. The van der Waals surface area contributed by atoms with Crippen molar-refractivity contribution in [1.82, 2.24) is 15.0 Å². The van der Waals surface area contributed by atoms with Gasteiger partial charge in [-0.3, -0.25) is 9.78 Å². The fourth-order valence-corrected chi connectivity index (χ4v) is 1.87. The number of nitrogen functional groups attached to an aromatic ring is 1. The third kappa shape index (κ3) is 2.25. The predicted molar refractivity (Wildman–Crippen MR) is 71.2 cm³/mol. The van der Waals surface area contributed by atoms with Crippen LogP contribution in [0.1, 0.15) is 24.5 Å². The Morgan fingerprint density at radius 1 is 1.44 bits per heavy atom. The topological polar surface area (TPSA) is 84.7 Å². The lowest BCUT2D eigenvalue weighted by Crippen LogP contribution is -2.18. The molecule has 0 saturated carbocycles. The number of nitrogens with one attached hydrogen (secondary N) is 1. The molecule has 2 rings (SSSR count). The second-order valence-electron chi connectivity index (χ2n) is 4.22. The van der Waals surface area contributed by atoms with Gasteiger partial charge in [-0.1, -0.05) is 13.3 Å². The van der Waals surface area contributed by atoms with Gasteiger partial charge >= 0.3 is 0 Å². The molecule has 2 aromatic rings. The van der Waals surface area contributed by atoms with Gasteiger partial charge in [0.25, 0.3) is 5.56 Å². The van der Waals surface area contributed by atoms with E-state index in [2.05, 4.69) is 15.0 Å². The number of H-pyrrole nitrogens is 1. The average Bonchev–Trinajstić information content (AvgIpc) is 2.34. The van der Waals surface area contributed by atoms with Gasteiger partial charge in [0, 0.05) is 18.0 Å². The van der Waals surface area contributed by atoms with Crippen LogP contribution in [0, 0.1) is 6.92 Å². The molecule has 5 nitrogen and oxygen atoms in total. The van der Waals surface area contributed by atoms with Crippen molar-refractivity contribution in [3.63, 3.8) is 0 Å². The summed E-state index contributed by atoms with van der Waals surface area (Å²) in [5.74, 6) is 0.809. The van der Waals surface area contributed by atoms with Gasteiger partial charge in [-0.05, 0) is 25.0 Å². The zero-order valence-electron chi connectivity index (χ0n) is 10.5. The van der Waals surface area contributed by atoms with Crippen LogP contribution in [0.2, 0.25) is 0 Å². The highest BCUT2D eigenvalue weighted by molar-refractivity contribution is 5.60. The van der Waals surface area contributed by atoms with Gasteiger partial charge in [0.05, 0.1) is 5.56 Å². The molecule has 0 aliphatic rings. The second-order valence-corrected chi connectivity index (χ2v) is 4.22. The van der Waals surface area contributed by atoms with Gasteiger partial charge in [0.1, 0.15) is 11.6 Å². The van der Waals surface area contributed by atoms with Crippen LogP contribution in [0.3, 0.4) is 0 Å². The van der Waals surface area contributed by atoms with E-state index in [1.165, 1.54) is 0 Å². The summed E-state index contributed by atoms with van der Waals surface area (Å²) in [4.78, 5) is 23.0. The van der Waals surface area contributed by atoms with Gasteiger partial charge in [-0.2, -0.15) is 0 Å². The van der Waals surface area contributed by atoms with E-state index in [0.29, 0.717) is 23.6 Å². The zero-order valence-corrected chi connectivity index (χ0v) is 10.5. The highest BCUT2D eigenvalue weighted by Crippen LogP contribution is 2.18. The molecule has 3 N–H and O–H groups in total. The number of nitrogens with zero attached hydrogens (tertiary/aromatic N) is 2. The number of aryl methyl sites for hydroxylation is 1. The molecule has 0 aliphatic carbocycles. The lowest BCUT2D eigenvalue weighted by Gasteiger charge is -2.07. The third-order valence-corrected chi connectivity index (χ3v) is 2.82. The van der Waals surface area contributed by atoms with Crippen LogP contribution in [0.15, 0.2) is 23.3 Å². The van der Waals surface area contributed by atoms with Crippen LogP contribution < -0.4 is 11.3 Å². The van der Waals surface area contributed by atoms with Gasteiger partial charge in [0.15, 0.2) is 0 Å². The van der Waals surface area contributed by atoms with Crippen molar-refractivity contribution < 1.29 is 0 Å². The molecule has 94 valence electrons. The quantitative estimate of drug-likeness (QED) is 0.860. The van der Waals surface area contributed by atoms with Crippen molar-refractivity contribution in [3.05, 3.63) is 39.9 Å². The lowest BCUT2D eigenvalue weighted by molar-refractivity contribution is 0.891. The molecule has 2 heterocycles. The summed E-state index contributed by atoms with van der Waals surface area (Å²) in [6.07, 6.45) is 4.90. The first-order chi connectivity index (χ1) is 8.63. The van der Waals surface area contributed by atoms with Crippen LogP contribution in [0.25, 0.3) is 11.4 Å². The largest absolute Gasteiger partial charge is 0.383 e. The molecule has 0 bridgehead atoms. The van der Waals surface area contributed by atoms with E-state index in [1.54, 1.807) is 12.4 Å². The highest BCUT2D eigenvalue weighted by atomic mass is 16.1. The molecule has 0 fully saturated rings. The maximum atomic E-state index is 11.9. The van der Waals surface area contributed by atoms with Crippen molar-refractivity contribution in [3.8, 4) is 11.4 Å². The molecule has 0 aromatic carbocycles. The predicted octanol–water partition coefficient (Wildman–Crippen LogP) is 1.68. The molecule has 0 unspecified atom stereocenters. The average molecular weight is 244 g/mol. The minimum atomic E-state index is -0.157. The van der Waals surface area contributed by atoms with E-state index in [0.717, 1.165) is 17.5 Å². The molecule has 5 heteroatoms. The SMILES string of the molecule is CCCc1c(N)nc(-c2ccncc2C)[nH]c1=O. The number of nitrogens with two attached hydrogens (primary N) is 1. The summed E-state index contributed by atoms with van der Waals surface area (Å²) in [5, 5.41) is 0. The second kappa shape index (κ2) is 5.00. The van der Waals surface area contributed by atoms with E-state index >= 15 is 0 Å². The van der Waals surface area contributed by atoms with Crippen LogP contribution in [-0.4, -0.2) is 15.0 Å². The minimum Gasteiger partial charge on any atom is -0.383 e.